The Hall–Kier alpha value is -1.86. The van der Waals surface area contributed by atoms with Crippen LogP contribution < -0.4 is 0 Å². The summed E-state index contributed by atoms with van der Waals surface area (Å²) in [6.45, 7) is 2.16. The minimum atomic E-state index is 0.224. The number of hydrogen-bond acceptors (Lipinski definition) is 6. The van der Waals surface area contributed by atoms with Gasteiger partial charge in [0.1, 0.15) is 0 Å². The predicted molar refractivity (Wildman–Crippen MR) is 118 cm³/mol. The quantitative estimate of drug-likeness (QED) is 0.298. The van der Waals surface area contributed by atoms with E-state index in [0.29, 0.717) is 0 Å². The molecule has 4 rings (SSSR count). The molecule has 0 amide bonds. The molecule has 0 saturated carbocycles. The van der Waals surface area contributed by atoms with Crippen LogP contribution in [0, 0.1) is 0 Å². The SMILES string of the molecule is CCCCc1cc(-c2sccc2-c2cc(-c3cccs3)nc(Cl)n2)nc(Cl)n1. The van der Waals surface area contributed by atoms with Gasteiger partial charge in [0.25, 0.3) is 0 Å². The lowest BCUT2D eigenvalue weighted by atomic mass is 10.1. The van der Waals surface area contributed by atoms with Crippen molar-refractivity contribution >= 4 is 45.9 Å². The van der Waals surface area contributed by atoms with Crippen LogP contribution in [0.25, 0.3) is 32.4 Å². The molecule has 28 heavy (non-hydrogen) atoms. The van der Waals surface area contributed by atoms with E-state index in [1.807, 2.05) is 41.1 Å². The van der Waals surface area contributed by atoms with Crippen molar-refractivity contribution in [2.75, 3.05) is 0 Å². The zero-order valence-electron chi connectivity index (χ0n) is 15.0. The zero-order chi connectivity index (χ0) is 19.5. The molecule has 0 aliphatic rings. The Kier molecular flexibility index (Phi) is 6.01. The molecule has 0 bridgehead atoms. The van der Waals surface area contributed by atoms with Crippen LogP contribution in [-0.2, 0) is 6.42 Å². The molecule has 142 valence electrons. The maximum absolute atomic E-state index is 6.23. The van der Waals surface area contributed by atoms with E-state index in [-0.39, 0.29) is 10.6 Å². The third-order valence-corrected chi connectivity index (χ3v) is 6.35. The Morgan fingerprint density at radius 2 is 1.64 bits per heavy atom. The number of nitrogens with zero attached hydrogens (tertiary/aromatic N) is 4. The lowest BCUT2D eigenvalue weighted by molar-refractivity contribution is 0.774. The highest BCUT2D eigenvalue weighted by Gasteiger charge is 2.16. The first-order valence-electron chi connectivity index (χ1n) is 8.84. The van der Waals surface area contributed by atoms with Gasteiger partial charge < -0.3 is 0 Å². The molecule has 0 unspecified atom stereocenters. The summed E-state index contributed by atoms with van der Waals surface area (Å²) in [5.41, 5.74) is 4.30. The van der Waals surface area contributed by atoms with Crippen LogP contribution >= 0.6 is 45.9 Å². The second-order valence-corrected chi connectivity index (χ2v) is 8.71. The molecule has 0 aliphatic heterocycles. The summed E-state index contributed by atoms with van der Waals surface area (Å²) < 4.78 is 0. The highest BCUT2D eigenvalue weighted by molar-refractivity contribution is 7.14. The van der Waals surface area contributed by atoms with Crippen molar-refractivity contribution in [1.82, 2.24) is 19.9 Å². The van der Waals surface area contributed by atoms with Crippen molar-refractivity contribution in [3.05, 3.63) is 57.4 Å². The molecule has 0 spiro atoms. The van der Waals surface area contributed by atoms with E-state index in [1.165, 1.54) is 0 Å². The first-order valence-corrected chi connectivity index (χ1v) is 11.4. The number of rotatable bonds is 6. The second-order valence-electron chi connectivity index (χ2n) is 6.17. The molecule has 8 heteroatoms. The highest BCUT2D eigenvalue weighted by atomic mass is 35.5. The van der Waals surface area contributed by atoms with Gasteiger partial charge in [0.15, 0.2) is 0 Å². The fourth-order valence-electron chi connectivity index (χ4n) is 2.88. The number of aromatic nitrogens is 4. The molecule has 0 radical (unpaired) electrons. The normalized spacial score (nSPS) is 11.1. The molecular formula is C20H16Cl2N4S2. The molecule has 4 nitrogen and oxygen atoms in total. The van der Waals surface area contributed by atoms with Gasteiger partial charge in [0, 0.05) is 11.3 Å². The van der Waals surface area contributed by atoms with Gasteiger partial charge in [-0.05, 0) is 71.1 Å². The van der Waals surface area contributed by atoms with E-state index in [0.717, 1.165) is 57.4 Å². The number of hydrogen-bond donors (Lipinski definition) is 0. The van der Waals surface area contributed by atoms with Gasteiger partial charge in [-0.3, -0.25) is 0 Å². The average molecular weight is 447 g/mol. The smallest absolute Gasteiger partial charge is 0.223 e. The zero-order valence-corrected chi connectivity index (χ0v) is 18.2. The van der Waals surface area contributed by atoms with Gasteiger partial charge in [-0.2, -0.15) is 0 Å². The molecular weight excluding hydrogens is 431 g/mol. The average Bonchev–Trinajstić information content (AvgIpc) is 3.37. The van der Waals surface area contributed by atoms with Crippen LogP contribution in [-0.4, -0.2) is 19.9 Å². The lowest BCUT2D eigenvalue weighted by Crippen LogP contribution is -1.96. The number of aryl methyl sites for hydroxylation is 1. The predicted octanol–water partition coefficient (Wildman–Crippen LogP) is 7.04. The van der Waals surface area contributed by atoms with Gasteiger partial charge in [0.2, 0.25) is 10.6 Å². The Morgan fingerprint density at radius 3 is 2.43 bits per heavy atom. The van der Waals surface area contributed by atoms with Crippen molar-refractivity contribution in [3.8, 4) is 32.4 Å². The van der Waals surface area contributed by atoms with Gasteiger partial charge in [-0.15, -0.1) is 22.7 Å². The first-order chi connectivity index (χ1) is 13.6. The monoisotopic (exact) mass is 446 g/mol. The maximum Gasteiger partial charge on any atom is 0.223 e. The molecule has 0 aromatic carbocycles. The number of halogens is 2. The third-order valence-electron chi connectivity index (χ3n) is 4.18. The first kappa shape index (κ1) is 19.5. The summed E-state index contributed by atoms with van der Waals surface area (Å²) in [7, 11) is 0. The maximum atomic E-state index is 6.23. The Balaban J connectivity index is 1.78. The summed E-state index contributed by atoms with van der Waals surface area (Å²) in [5, 5.41) is 4.53. The van der Waals surface area contributed by atoms with Crippen molar-refractivity contribution in [1.29, 1.82) is 0 Å². The van der Waals surface area contributed by atoms with Gasteiger partial charge in [-0.1, -0.05) is 19.4 Å². The van der Waals surface area contributed by atoms with E-state index in [4.69, 9.17) is 23.2 Å². The van der Waals surface area contributed by atoms with E-state index < -0.39 is 0 Å². The minimum absolute atomic E-state index is 0.224. The molecule has 0 N–H and O–H groups in total. The van der Waals surface area contributed by atoms with Crippen molar-refractivity contribution in [2.24, 2.45) is 0 Å². The fourth-order valence-corrected chi connectivity index (χ4v) is 4.82. The summed E-state index contributed by atoms with van der Waals surface area (Å²) in [6.07, 6.45) is 3.05. The van der Waals surface area contributed by atoms with Crippen LogP contribution in [0.15, 0.2) is 41.1 Å². The topological polar surface area (TPSA) is 51.6 Å². The van der Waals surface area contributed by atoms with Crippen LogP contribution in [0.1, 0.15) is 25.5 Å². The Morgan fingerprint density at radius 1 is 0.857 bits per heavy atom. The summed E-state index contributed by atoms with van der Waals surface area (Å²) in [6, 6.07) is 10.0. The molecule has 0 aliphatic carbocycles. The lowest BCUT2D eigenvalue weighted by Gasteiger charge is -2.08. The van der Waals surface area contributed by atoms with E-state index in [9.17, 15) is 0 Å². The van der Waals surface area contributed by atoms with Crippen LogP contribution in [0.2, 0.25) is 10.6 Å². The Bertz CT molecular complexity index is 1090. The van der Waals surface area contributed by atoms with Crippen LogP contribution in [0.5, 0.6) is 0 Å². The summed E-state index contributed by atoms with van der Waals surface area (Å²) >= 11 is 15.6. The second kappa shape index (κ2) is 8.66. The Labute approximate surface area is 181 Å². The van der Waals surface area contributed by atoms with Gasteiger partial charge >= 0.3 is 0 Å². The number of thiophene rings is 2. The van der Waals surface area contributed by atoms with Gasteiger partial charge in [-0.25, -0.2) is 19.9 Å². The molecule has 0 fully saturated rings. The fraction of sp³-hybridized carbons (Fsp3) is 0.200. The summed E-state index contributed by atoms with van der Waals surface area (Å²) in [4.78, 5) is 19.7. The number of unbranched alkanes of at least 4 members (excludes halogenated alkanes) is 1. The molecule has 0 atom stereocenters. The summed E-state index contributed by atoms with van der Waals surface area (Å²) in [5.74, 6) is 0. The van der Waals surface area contributed by atoms with E-state index in [2.05, 4.69) is 26.9 Å². The van der Waals surface area contributed by atoms with Crippen molar-refractivity contribution in [3.63, 3.8) is 0 Å². The molecule has 4 heterocycles. The van der Waals surface area contributed by atoms with Crippen LogP contribution in [0.4, 0.5) is 0 Å². The van der Waals surface area contributed by atoms with E-state index in [1.54, 1.807) is 22.7 Å². The molecule has 4 aromatic heterocycles. The van der Waals surface area contributed by atoms with E-state index >= 15 is 0 Å². The van der Waals surface area contributed by atoms with Crippen molar-refractivity contribution < 1.29 is 0 Å². The third kappa shape index (κ3) is 4.25. The standard InChI is InChI=1S/C20H16Cl2N4S2/c1-2-3-5-12-10-16(26-19(21)23-12)18-13(7-9-28-18)14-11-15(25-20(22)24-14)17-6-4-8-27-17/h4,6-11H,2-3,5H2,1H3. The molecule has 4 aromatic rings. The van der Waals surface area contributed by atoms with Crippen molar-refractivity contribution in [2.45, 2.75) is 26.2 Å². The molecule has 0 saturated heterocycles. The minimum Gasteiger partial charge on any atom is -0.223 e. The largest absolute Gasteiger partial charge is 0.223 e. The van der Waals surface area contributed by atoms with Gasteiger partial charge in [0.05, 0.1) is 26.8 Å². The van der Waals surface area contributed by atoms with Crippen LogP contribution in [0.3, 0.4) is 0 Å². The highest BCUT2D eigenvalue weighted by Crippen LogP contribution is 2.37.